The van der Waals surface area contributed by atoms with Gasteiger partial charge in [0, 0.05) is 28.5 Å². The van der Waals surface area contributed by atoms with Crippen molar-refractivity contribution >= 4 is 23.2 Å². The minimum Gasteiger partial charge on any atom is -0.457 e. The summed E-state index contributed by atoms with van der Waals surface area (Å²) < 4.78 is 5.65. The second kappa shape index (κ2) is 7.06. The lowest BCUT2D eigenvalue weighted by molar-refractivity contribution is 0.0816. The molecule has 4 nitrogen and oxygen atoms in total. The molecule has 2 aromatic carbocycles. The SMILES string of the molecule is O=C(C(=O)c1cccnc1)c1ccc(Oc2ccc(Cl)cc2)cc1. The molecular weight excluding hydrogens is 326 g/mol. The molecule has 0 aliphatic rings. The van der Waals surface area contributed by atoms with E-state index in [2.05, 4.69) is 4.98 Å². The molecule has 1 heterocycles. The summed E-state index contributed by atoms with van der Waals surface area (Å²) >= 11 is 5.82. The molecule has 0 N–H and O–H groups in total. The summed E-state index contributed by atoms with van der Waals surface area (Å²) in [4.78, 5) is 28.2. The van der Waals surface area contributed by atoms with Gasteiger partial charge < -0.3 is 4.74 Å². The topological polar surface area (TPSA) is 56.3 Å². The van der Waals surface area contributed by atoms with Crippen LogP contribution < -0.4 is 4.74 Å². The molecule has 0 atom stereocenters. The normalized spacial score (nSPS) is 10.2. The second-order valence-corrected chi connectivity index (χ2v) is 5.42. The summed E-state index contributed by atoms with van der Waals surface area (Å²) in [6.45, 7) is 0. The van der Waals surface area contributed by atoms with Crippen LogP contribution in [0.1, 0.15) is 20.7 Å². The summed E-state index contributed by atoms with van der Waals surface area (Å²) in [7, 11) is 0. The van der Waals surface area contributed by atoms with Crippen molar-refractivity contribution in [3.05, 3.63) is 89.2 Å². The average Bonchev–Trinajstić information content (AvgIpc) is 2.64. The van der Waals surface area contributed by atoms with Crippen LogP contribution in [0, 0.1) is 0 Å². The Labute approximate surface area is 143 Å². The van der Waals surface area contributed by atoms with Gasteiger partial charge in [0.1, 0.15) is 11.5 Å². The van der Waals surface area contributed by atoms with Crippen LogP contribution in [0.15, 0.2) is 73.1 Å². The summed E-state index contributed by atoms with van der Waals surface area (Å²) in [5.74, 6) is 0.0168. The number of hydrogen-bond acceptors (Lipinski definition) is 4. The fourth-order valence-corrected chi connectivity index (χ4v) is 2.20. The highest BCUT2D eigenvalue weighted by Gasteiger charge is 2.18. The Morgan fingerprint density at radius 2 is 1.38 bits per heavy atom. The van der Waals surface area contributed by atoms with E-state index in [0.29, 0.717) is 22.1 Å². The number of benzene rings is 2. The third-order valence-electron chi connectivity index (χ3n) is 3.30. The van der Waals surface area contributed by atoms with Crippen molar-refractivity contribution in [1.82, 2.24) is 4.98 Å². The minimum absolute atomic E-state index is 0.268. The highest BCUT2D eigenvalue weighted by atomic mass is 35.5. The summed E-state index contributed by atoms with van der Waals surface area (Å²) in [6.07, 6.45) is 2.92. The van der Waals surface area contributed by atoms with Gasteiger partial charge in [0.05, 0.1) is 0 Å². The molecule has 3 rings (SSSR count). The van der Waals surface area contributed by atoms with Crippen molar-refractivity contribution in [3.63, 3.8) is 0 Å². The van der Waals surface area contributed by atoms with Crippen molar-refractivity contribution < 1.29 is 14.3 Å². The van der Waals surface area contributed by atoms with Gasteiger partial charge in [-0.1, -0.05) is 11.6 Å². The molecule has 0 saturated heterocycles. The molecule has 3 aromatic rings. The number of Topliss-reactive ketones (excluding diaryl/α,β-unsaturated/α-hetero) is 2. The van der Waals surface area contributed by atoms with E-state index in [1.54, 1.807) is 66.9 Å². The maximum atomic E-state index is 12.2. The average molecular weight is 338 g/mol. The third kappa shape index (κ3) is 3.67. The van der Waals surface area contributed by atoms with Crippen LogP contribution in [0.3, 0.4) is 0 Å². The fourth-order valence-electron chi connectivity index (χ4n) is 2.07. The molecule has 118 valence electrons. The van der Waals surface area contributed by atoms with Gasteiger partial charge in [-0.15, -0.1) is 0 Å². The number of halogens is 1. The molecule has 0 aliphatic carbocycles. The van der Waals surface area contributed by atoms with Gasteiger partial charge in [-0.2, -0.15) is 0 Å². The number of ketones is 2. The maximum Gasteiger partial charge on any atom is 0.235 e. The summed E-state index contributed by atoms with van der Waals surface area (Å²) in [6, 6.07) is 16.5. The van der Waals surface area contributed by atoms with Crippen molar-refractivity contribution in [2.75, 3.05) is 0 Å². The van der Waals surface area contributed by atoms with Crippen molar-refractivity contribution in [1.29, 1.82) is 0 Å². The van der Waals surface area contributed by atoms with E-state index in [9.17, 15) is 9.59 Å². The minimum atomic E-state index is -0.588. The highest BCUT2D eigenvalue weighted by Crippen LogP contribution is 2.23. The van der Waals surface area contributed by atoms with E-state index in [1.807, 2.05) is 0 Å². The third-order valence-corrected chi connectivity index (χ3v) is 3.55. The van der Waals surface area contributed by atoms with Crippen LogP contribution in [0.5, 0.6) is 11.5 Å². The molecule has 0 unspecified atom stereocenters. The van der Waals surface area contributed by atoms with E-state index < -0.39 is 11.6 Å². The van der Waals surface area contributed by atoms with Crippen LogP contribution in [-0.2, 0) is 0 Å². The molecular formula is C19H12ClNO3. The lowest BCUT2D eigenvalue weighted by Gasteiger charge is -2.06. The van der Waals surface area contributed by atoms with E-state index in [-0.39, 0.29) is 5.56 Å². The predicted octanol–water partition coefficient (Wildman–Crippen LogP) is 4.59. The van der Waals surface area contributed by atoms with Crippen LogP contribution >= 0.6 is 11.6 Å². The Kier molecular flexibility index (Phi) is 4.68. The number of pyridine rings is 1. The Morgan fingerprint density at radius 3 is 1.96 bits per heavy atom. The molecule has 0 saturated carbocycles. The Hall–Kier alpha value is -2.98. The Bertz CT molecular complexity index is 859. The fraction of sp³-hybridized carbons (Fsp3) is 0. The zero-order valence-corrected chi connectivity index (χ0v) is 13.2. The smallest absolute Gasteiger partial charge is 0.235 e. The lowest BCUT2D eigenvalue weighted by atomic mass is 10.0. The number of aromatic nitrogens is 1. The molecule has 0 bridgehead atoms. The van der Waals surface area contributed by atoms with Gasteiger partial charge in [-0.25, -0.2) is 0 Å². The quantitative estimate of drug-likeness (QED) is 0.504. The number of carbonyl (C=O) groups excluding carboxylic acids is 2. The van der Waals surface area contributed by atoms with Crippen molar-refractivity contribution in [2.45, 2.75) is 0 Å². The van der Waals surface area contributed by atoms with E-state index in [1.165, 1.54) is 6.20 Å². The monoisotopic (exact) mass is 337 g/mol. The van der Waals surface area contributed by atoms with Crippen LogP contribution in [0.2, 0.25) is 5.02 Å². The molecule has 5 heteroatoms. The van der Waals surface area contributed by atoms with Gasteiger partial charge in [0.2, 0.25) is 11.6 Å². The highest BCUT2D eigenvalue weighted by molar-refractivity contribution is 6.49. The Balaban J connectivity index is 1.73. The first-order chi connectivity index (χ1) is 11.6. The molecule has 0 aliphatic heterocycles. The maximum absolute atomic E-state index is 12.2. The molecule has 0 spiro atoms. The lowest BCUT2D eigenvalue weighted by Crippen LogP contribution is -2.14. The van der Waals surface area contributed by atoms with Crippen LogP contribution in [0.25, 0.3) is 0 Å². The first-order valence-electron chi connectivity index (χ1n) is 7.16. The number of nitrogens with zero attached hydrogens (tertiary/aromatic N) is 1. The number of hydrogen-bond donors (Lipinski definition) is 0. The molecule has 24 heavy (non-hydrogen) atoms. The van der Waals surface area contributed by atoms with Crippen LogP contribution in [-0.4, -0.2) is 16.6 Å². The van der Waals surface area contributed by atoms with Crippen LogP contribution in [0.4, 0.5) is 0 Å². The Morgan fingerprint density at radius 1 is 0.792 bits per heavy atom. The first-order valence-corrected chi connectivity index (χ1v) is 7.54. The van der Waals surface area contributed by atoms with E-state index in [4.69, 9.17) is 16.3 Å². The molecule has 0 amide bonds. The van der Waals surface area contributed by atoms with Crippen molar-refractivity contribution in [3.8, 4) is 11.5 Å². The van der Waals surface area contributed by atoms with E-state index >= 15 is 0 Å². The number of carbonyl (C=O) groups is 2. The standard InChI is InChI=1S/C19H12ClNO3/c20-15-5-9-17(10-6-15)24-16-7-3-13(4-8-16)18(22)19(23)14-2-1-11-21-12-14/h1-12H. The predicted molar refractivity (Wildman–Crippen MR) is 90.9 cm³/mol. The largest absolute Gasteiger partial charge is 0.457 e. The number of rotatable bonds is 5. The summed E-state index contributed by atoms with van der Waals surface area (Å²) in [5.41, 5.74) is 0.566. The van der Waals surface area contributed by atoms with Gasteiger partial charge >= 0.3 is 0 Å². The van der Waals surface area contributed by atoms with Gasteiger partial charge in [-0.05, 0) is 60.7 Å². The van der Waals surface area contributed by atoms with Crippen molar-refractivity contribution in [2.24, 2.45) is 0 Å². The number of ether oxygens (including phenoxy) is 1. The first kappa shape index (κ1) is 15.9. The molecule has 0 radical (unpaired) electrons. The molecule has 1 aromatic heterocycles. The van der Waals surface area contributed by atoms with E-state index in [0.717, 1.165) is 0 Å². The zero-order chi connectivity index (χ0) is 16.9. The molecule has 0 fully saturated rings. The van der Waals surface area contributed by atoms with Gasteiger partial charge in [0.15, 0.2) is 0 Å². The summed E-state index contributed by atoms with van der Waals surface area (Å²) in [5, 5.41) is 0.622. The second-order valence-electron chi connectivity index (χ2n) is 4.98. The van der Waals surface area contributed by atoms with Gasteiger partial charge in [0.25, 0.3) is 0 Å². The zero-order valence-electron chi connectivity index (χ0n) is 12.5. The van der Waals surface area contributed by atoms with Gasteiger partial charge in [-0.3, -0.25) is 14.6 Å².